The van der Waals surface area contributed by atoms with E-state index < -0.39 is 0 Å². The SMILES string of the molecule is O=C[C@H]1C[C@H]1C1CCCCC1. The third kappa shape index (κ3) is 1.47. The second kappa shape index (κ2) is 2.96. The van der Waals surface area contributed by atoms with Crippen molar-refractivity contribution in [3.8, 4) is 0 Å². The molecule has 0 aliphatic heterocycles. The van der Waals surface area contributed by atoms with Gasteiger partial charge in [0.25, 0.3) is 0 Å². The fraction of sp³-hybridized carbons (Fsp3) is 0.900. The summed E-state index contributed by atoms with van der Waals surface area (Å²) >= 11 is 0. The van der Waals surface area contributed by atoms with Crippen LogP contribution in [0, 0.1) is 17.8 Å². The van der Waals surface area contributed by atoms with Crippen molar-refractivity contribution in [1.82, 2.24) is 0 Å². The van der Waals surface area contributed by atoms with Crippen molar-refractivity contribution in [3.63, 3.8) is 0 Å². The van der Waals surface area contributed by atoms with Crippen LogP contribution in [0.2, 0.25) is 0 Å². The summed E-state index contributed by atoms with van der Waals surface area (Å²) in [5, 5.41) is 0. The topological polar surface area (TPSA) is 17.1 Å². The minimum Gasteiger partial charge on any atom is -0.303 e. The second-order valence-corrected chi connectivity index (χ2v) is 4.10. The largest absolute Gasteiger partial charge is 0.303 e. The van der Waals surface area contributed by atoms with Crippen LogP contribution in [0.4, 0.5) is 0 Å². The number of hydrogen-bond acceptors (Lipinski definition) is 1. The van der Waals surface area contributed by atoms with Crippen LogP contribution >= 0.6 is 0 Å². The molecule has 0 N–H and O–H groups in total. The van der Waals surface area contributed by atoms with E-state index in [2.05, 4.69) is 0 Å². The molecule has 0 aromatic heterocycles. The van der Waals surface area contributed by atoms with Gasteiger partial charge < -0.3 is 4.79 Å². The molecule has 2 aliphatic rings. The first kappa shape index (κ1) is 7.33. The smallest absolute Gasteiger partial charge is 0.123 e. The minimum absolute atomic E-state index is 0.457. The molecule has 0 amide bonds. The molecule has 11 heavy (non-hydrogen) atoms. The maximum absolute atomic E-state index is 10.4. The van der Waals surface area contributed by atoms with Crippen molar-refractivity contribution in [1.29, 1.82) is 0 Å². The number of rotatable bonds is 2. The van der Waals surface area contributed by atoms with E-state index in [-0.39, 0.29) is 0 Å². The predicted octanol–water partition coefficient (Wildman–Crippen LogP) is 2.40. The highest BCUT2D eigenvalue weighted by Gasteiger charge is 2.42. The highest BCUT2D eigenvalue weighted by Crippen LogP contribution is 2.47. The molecule has 1 heteroatoms. The van der Waals surface area contributed by atoms with E-state index in [1.165, 1.54) is 44.8 Å². The summed E-state index contributed by atoms with van der Waals surface area (Å²) in [5.74, 6) is 2.17. The number of aldehydes is 1. The first-order valence-electron chi connectivity index (χ1n) is 4.87. The van der Waals surface area contributed by atoms with E-state index in [9.17, 15) is 4.79 Å². The van der Waals surface area contributed by atoms with Crippen molar-refractivity contribution in [2.24, 2.45) is 17.8 Å². The molecule has 0 bridgehead atoms. The van der Waals surface area contributed by atoms with Crippen LogP contribution in [0.15, 0.2) is 0 Å². The van der Waals surface area contributed by atoms with E-state index in [1.54, 1.807) is 0 Å². The Labute approximate surface area is 68.2 Å². The number of carbonyl (C=O) groups is 1. The lowest BCUT2D eigenvalue weighted by atomic mass is 9.85. The monoisotopic (exact) mass is 152 g/mol. The van der Waals surface area contributed by atoms with Crippen molar-refractivity contribution in [2.45, 2.75) is 38.5 Å². The molecule has 0 unspecified atom stereocenters. The Morgan fingerprint density at radius 1 is 1.09 bits per heavy atom. The Bertz CT molecular complexity index is 147. The van der Waals surface area contributed by atoms with Crippen LogP contribution in [0.5, 0.6) is 0 Å². The summed E-state index contributed by atoms with van der Waals surface area (Å²) in [5.41, 5.74) is 0. The van der Waals surface area contributed by atoms with Gasteiger partial charge in [-0.3, -0.25) is 0 Å². The highest BCUT2D eigenvalue weighted by molar-refractivity contribution is 5.58. The Balaban J connectivity index is 1.81. The van der Waals surface area contributed by atoms with E-state index >= 15 is 0 Å². The molecular weight excluding hydrogens is 136 g/mol. The summed E-state index contributed by atoms with van der Waals surface area (Å²) in [4.78, 5) is 10.4. The van der Waals surface area contributed by atoms with Crippen LogP contribution < -0.4 is 0 Å². The molecular formula is C10H16O. The summed E-state index contributed by atoms with van der Waals surface area (Å²) in [7, 11) is 0. The first-order chi connectivity index (χ1) is 5.42. The van der Waals surface area contributed by atoms with Gasteiger partial charge in [-0.05, 0) is 18.3 Å². The van der Waals surface area contributed by atoms with Crippen molar-refractivity contribution < 1.29 is 4.79 Å². The first-order valence-corrected chi connectivity index (χ1v) is 4.87. The van der Waals surface area contributed by atoms with Gasteiger partial charge in [0.15, 0.2) is 0 Å². The number of hydrogen-bond donors (Lipinski definition) is 0. The van der Waals surface area contributed by atoms with Crippen LogP contribution in [0.25, 0.3) is 0 Å². The Hall–Kier alpha value is -0.330. The zero-order chi connectivity index (χ0) is 7.68. The Morgan fingerprint density at radius 2 is 1.82 bits per heavy atom. The molecule has 2 fully saturated rings. The van der Waals surface area contributed by atoms with Crippen LogP contribution in [0.1, 0.15) is 38.5 Å². The van der Waals surface area contributed by atoms with E-state index in [1.807, 2.05) is 0 Å². The van der Waals surface area contributed by atoms with Crippen molar-refractivity contribution >= 4 is 6.29 Å². The zero-order valence-corrected chi connectivity index (χ0v) is 6.96. The molecule has 2 rings (SSSR count). The normalized spacial score (nSPS) is 38.5. The highest BCUT2D eigenvalue weighted by atomic mass is 16.1. The third-order valence-corrected chi connectivity index (χ3v) is 3.32. The minimum atomic E-state index is 0.457. The molecule has 2 atom stereocenters. The summed E-state index contributed by atoms with van der Waals surface area (Å²) < 4.78 is 0. The Kier molecular flexibility index (Phi) is 1.97. The molecule has 0 saturated heterocycles. The van der Waals surface area contributed by atoms with Gasteiger partial charge in [0, 0.05) is 5.92 Å². The molecule has 62 valence electrons. The lowest BCUT2D eigenvalue weighted by Gasteiger charge is -2.20. The van der Waals surface area contributed by atoms with Crippen molar-refractivity contribution in [2.75, 3.05) is 0 Å². The average molecular weight is 152 g/mol. The second-order valence-electron chi connectivity index (χ2n) is 4.10. The quantitative estimate of drug-likeness (QED) is 0.555. The summed E-state index contributed by atoms with van der Waals surface area (Å²) in [6, 6.07) is 0. The van der Waals surface area contributed by atoms with E-state index in [4.69, 9.17) is 0 Å². The molecule has 0 aromatic rings. The maximum atomic E-state index is 10.4. The standard InChI is InChI=1S/C10H16O/c11-7-9-6-10(9)8-4-2-1-3-5-8/h7-10H,1-6H2/t9-,10+/m1/s1. The van der Waals surface area contributed by atoms with Crippen LogP contribution in [0.3, 0.4) is 0 Å². The molecule has 0 radical (unpaired) electrons. The number of carbonyl (C=O) groups excluding carboxylic acids is 1. The van der Waals surface area contributed by atoms with Gasteiger partial charge in [0.05, 0.1) is 0 Å². The molecule has 0 heterocycles. The third-order valence-electron chi connectivity index (χ3n) is 3.32. The van der Waals surface area contributed by atoms with Gasteiger partial charge in [0.1, 0.15) is 6.29 Å². The summed E-state index contributed by atoms with van der Waals surface area (Å²) in [6.45, 7) is 0. The Morgan fingerprint density at radius 3 is 2.36 bits per heavy atom. The van der Waals surface area contributed by atoms with Crippen LogP contribution in [-0.2, 0) is 4.79 Å². The van der Waals surface area contributed by atoms with Crippen LogP contribution in [-0.4, -0.2) is 6.29 Å². The van der Waals surface area contributed by atoms with E-state index in [0.29, 0.717) is 5.92 Å². The van der Waals surface area contributed by atoms with Crippen molar-refractivity contribution in [3.05, 3.63) is 0 Å². The fourth-order valence-electron chi connectivity index (χ4n) is 2.50. The van der Waals surface area contributed by atoms with Gasteiger partial charge in [-0.15, -0.1) is 0 Å². The fourth-order valence-corrected chi connectivity index (χ4v) is 2.50. The maximum Gasteiger partial charge on any atom is 0.123 e. The predicted molar refractivity (Wildman–Crippen MR) is 44.2 cm³/mol. The van der Waals surface area contributed by atoms with Gasteiger partial charge in [-0.1, -0.05) is 32.1 Å². The summed E-state index contributed by atoms with van der Waals surface area (Å²) in [6.07, 6.45) is 9.41. The molecule has 1 nitrogen and oxygen atoms in total. The molecule has 2 aliphatic carbocycles. The van der Waals surface area contributed by atoms with Gasteiger partial charge in [-0.25, -0.2) is 0 Å². The average Bonchev–Trinajstić information content (AvgIpc) is 2.85. The van der Waals surface area contributed by atoms with E-state index in [0.717, 1.165) is 11.8 Å². The molecule has 0 spiro atoms. The lowest BCUT2D eigenvalue weighted by Crippen LogP contribution is -2.09. The molecule has 2 saturated carbocycles. The van der Waals surface area contributed by atoms with Gasteiger partial charge in [-0.2, -0.15) is 0 Å². The lowest BCUT2D eigenvalue weighted by molar-refractivity contribution is -0.109. The molecule has 0 aromatic carbocycles. The zero-order valence-electron chi connectivity index (χ0n) is 6.96. The van der Waals surface area contributed by atoms with Gasteiger partial charge >= 0.3 is 0 Å². The van der Waals surface area contributed by atoms with Gasteiger partial charge in [0.2, 0.25) is 0 Å².